The van der Waals surface area contributed by atoms with Crippen LogP contribution in [0.15, 0.2) is 42.5 Å². The highest BCUT2D eigenvalue weighted by Crippen LogP contribution is 2.29. The van der Waals surface area contributed by atoms with Crippen LogP contribution in [0, 0.1) is 11.7 Å². The fourth-order valence-corrected chi connectivity index (χ4v) is 3.17. The number of nitrogens with one attached hydrogen (secondary N) is 2. The van der Waals surface area contributed by atoms with Crippen molar-refractivity contribution in [1.82, 2.24) is 14.9 Å². The van der Waals surface area contributed by atoms with Gasteiger partial charge >= 0.3 is 0 Å². The number of H-pyrrole nitrogens is 1. The summed E-state index contributed by atoms with van der Waals surface area (Å²) in [5.74, 6) is 2.33. The van der Waals surface area contributed by atoms with E-state index in [1.807, 2.05) is 28.9 Å². The number of ether oxygens (including phenoxy) is 2. The average molecular weight is 399 g/mol. The molecule has 0 aliphatic carbocycles. The van der Waals surface area contributed by atoms with Gasteiger partial charge in [-0.1, -0.05) is 42.8 Å². The highest BCUT2D eigenvalue weighted by Gasteiger charge is 2.08. The predicted molar refractivity (Wildman–Crippen MR) is 113 cm³/mol. The highest BCUT2D eigenvalue weighted by molar-refractivity contribution is 7.71. The van der Waals surface area contributed by atoms with Gasteiger partial charge in [0.25, 0.3) is 0 Å². The second-order valence-corrected chi connectivity index (χ2v) is 7.01. The van der Waals surface area contributed by atoms with Crippen LogP contribution >= 0.6 is 12.2 Å². The minimum absolute atomic E-state index is 0.500. The van der Waals surface area contributed by atoms with E-state index in [2.05, 4.69) is 47.7 Å². The maximum absolute atomic E-state index is 5.96. The van der Waals surface area contributed by atoms with Crippen LogP contribution in [0.1, 0.15) is 35.9 Å². The van der Waals surface area contributed by atoms with Crippen LogP contribution in [0.3, 0.4) is 0 Å². The van der Waals surface area contributed by atoms with Crippen molar-refractivity contribution in [2.75, 3.05) is 12.5 Å². The molecule has 1 heterocycles. The molecule has 6 nitrogen and oxygen atoms in total. The third-order valence-corrected chi connectivity index (χ3v) is 4.64. The van der Waals surface area contributed by atoms with E-state index >= 15 is 0 Å². The minimum Gasteiger partial charge on any atom is -0.493 e. The molecule has 0 spiro atoms. The fraction of sp³-hybridized carbons (Fsp3) is 0.333. The smallest absolute Gasteiger partial charge is 0.214 e. The van der Waals surface area contributed by atoms with Crippen LogP contribution in [0.4, 0.5) is 0 Å². The van der Waals surface area contributed by atoms with Crippen LogP contribution in [-0.2, 0) is 19.6 Å². The van der Waals surface area contributed by atoms with Gasteiger partial charge in [-0.2, -0.15) is 5.10 Å². The summed E-state index contributed by atoms with van der Waals surface area (Å²) >= 11 is 5.30. The van der Waals surface area contributed by atoms with Crippen molar-refractivity contribution in [3.63, 3.8) is 0 Å². The molecule has 0 saturated carbocycles. The van der Waals surface area contributed by atoms with Gasteiger partial charge in [0.2, 0.25) is 4.77 Å². The molecule has 0 fully saturated rings. The Hall–Kier alpha value is -2.80. The molecular formula is C21H26N4O2S. The van der Waals surface area contributed by atoms with Gasteiger partial charge in [-0.25, -0.2) is 4.68 Å². The lowest BCUT2D eigenvalue weighted by Crippen LogP contribution is -2.17. The molecule has 2 aromatic carbocycles. The van der Waals surface area contributed by atoms with E-state index in [1.165, 1.54) is 5.56 Å². The molecule has 148 valence electrons. The summed E-state index contributed by atoms with van der Waals surface area (Å²) in [4.78, 5) is 0. The Morgan fingerprint density at radius 1 is 1.14 bits per heavy atom. The predicted octanol–water partition coefficient (Wildman–Crippen LogP) is 4.53. The second-order valence-electron chi connectivity index (χ2n) is 6.63. The lowest BCUT2D eigenvalue weighted by molar-refractivity contribution is 0.284. The molecule has 2 N–H and O–H groups in total. The van der Waals surface area contributed by atoms with Gasteiger partial charge in [-0.05, 0) is 48.8 Å². The number of aryl methyl sites for hydroxylation is 2. The fourth-order valence-electron chi connectivity index (χ4n) is 2.96. The topological polar surface area (TPSA) is 64.1 Å². The van der Waals surface area contributed by atoms with Crippen molar-refractivity contribution in [3.05, 3.63) is 69.8 Å². The van der Waals surface area contributed by atoms with E-state index in [0.29, 0.717) is 23.7 Å². The van der Waals surface area contributed by atoms with Gasteiger partial charge in [0.05, 0.1) is 13.7 Å². The lowest BCUT2D eigenvalue weighted by Gasteiger charge is -2.14. The number of nitrogens with zero attached hydrogens (tertiary/aromatic N) is 2. The van der Waals surface area contributed by atoms with E-state index in [9.17, 15) is 0 Å². The zero-order valence-electron chi connectivity index (χ0n) is 16.5. The standard InChI is InChI=1S/C21H26N4O2S/c1-4-6-20-23-24-21(28)25(20)22-13-16-9-10-18(19(12-16)26-3)27-14-17-8-5-7-15(2)11-17/h5,7-12,22H,4,6,13-14H2,1-3H3,(H,24,28). The van der Waals surface area contributed by atoms with Gasteiger partial charge in [0.15, 0.2) is 17.3 Å². The number of methoxy groups -OCH3 is 1. The first-order valence-corrected chi connectivity index (χ1v) is 9.77. The summed E-state index contributed by atoms with van der Waals surface area (Å²) < 4.78 is 13.9. The summed E-state index contributed by atoms with van der Waals surface area (Å²) in [6, 6.07) is 14.2. The molecule has 0 bridgehead atoms. The number of benzene rings is 2. The van der Waals surface area contributed by atoms with Crippen molar-refractivity contribution in [3.8, 4) is 11.5 Å². The molecule has 0 atom stereocenters. The van der Waals surface area contributed by atoms with E-state index in [0.717, 1.165) is 35.5 Å². The Morgan fingerprint density at radius 3 is 2.75 bits per heavy atom. The van der Waals surface area contributed by atoms with Gasteiger partial charge in [0.1, 0.15) is 6.61 Å². The zero-order chi connectivity index (χ0) is 19.9. The number of hydrogen-bond donors (Lipinski definition) is 2. The van der Waals surface area contributed by atoms with Crippen LogP contribution in [0.25, 0.3) is 0 Å². The number of aromatic amines is 1. The Bertz CT molecular complexity index is 981. The molecule has 0 radical (unpaired) electrons. The summed E-state index contributed by atoms with van der Waals surface area (Å²) in [6.07, 6.45) is 1.86. The normalized spacial score (nSPS) is 10.7. The Kier molecular flexibility index (Phi) is 6.71. The zero-order valence-corrected chi connectivity index (χ0v) is 17.3. The summed E-state index contributed by atoms with van der Waals surface area (Å²) in [5, 5.41) is 7.10. The molecule has 0 aliphatic rings. The van der Waals surface area contributed by atoms with Crippen molar-refractivity contribution in [2.45, 2.75) is 39.8 Å². The van der Waals surface area contributed by atoms with Gasteiger partial charge in [0, 0.05) is 6.42 Å². The molecular weight excluding hydrogens is 372 g/mol. The number of aromatic nitrogens is 3. The molecule has 0 saturated heterocycles. The number of rotatable bonds is 9. The van der Waals surface area contributed by atoms with Crippen LogP contribution in [0.5, 0.6) is 11.5 Å². The monoisotopic (exact) mass is 398 g/mol. The van der Waals surface area contributed by atoms with Gasteiger partial charge in [-0.3, -0.25) is 5.10 Å². The van der Waals surface area contributed by atoms with Crippen LogP contribution in [0.2, 0.25) is 0 Å². The number of hydrogen-bond acceptors (Lipinski definition) is 5. The second kappa shape index (κ2) is 9.41. The molecule has 0 unspecified atom stereocenters. The van der Waals surface area contributed by atoms with E-state index < -0.39 is 0 Å². The van der Waals surface area contributed by atoms with Crippen LogP contribution in [-0.4, -0.2) is 22.0 Å². The summed E-state index contributed by atoms with van der Waals surface area (Å²) in [6.45, 7) is 5.28. The largest absolute Gasteiger partial charge is 0.493 e. The van der Waals surface area contributed by atoms with Crippen LogP contribution < -0.4 is 14.9 Å². The SMILES string of the molecule is CCCc1n[nH]c(=S)n1NCc1ccc(OCc2cccc(C)c2)c(OC)c1. The average Bonchev–Trinajstić information content (AvgIpc) is 3.05. The van der Waals surface area contributed by atoms with Crippen molar-refractivity contribution in [1.29, 1.82) is 0 Å². The lowest BCUT2D eigenvalue weighted by atomic mass is 10.1. The summed E-state index contributed by atoms with van der Waals surface area (Å²) in [5.41, 5.74) is 6.73. The molecule has 3 aromatic rings. The first-order valence-electron chi connectivity index (χ1n) is 9.36. The van der Waals surface area contributed by atoms with E-state index in [-0.39, 0.29) is 0 Å². The highest BCUT2D eigenvalue weighted by atomic mass is 32.1. The molecule has 28 heavy (non-hydrogen) atoms. The quantitative estimate of drug-likeness (QED) is 0.519. The summed E-state index contributed by atoms with van der Waals surface area (Å²) in [7, 11) is 1.65. The van der Waals surface area contributed by atoms with Crippen molar-refractivity contribution >= 4 is 12.2 Å². The van der Waals surface area contributed by atoms with E-state index in [1.54, 1.807) is 7.11 Å². The molecule has 7 heteroatoms. The van der Waals surface area contributed by atoms with Crippen molar-refractivity contribution < 1.29 is 9.47 Å². The van der Waals surface area contributed by atoms with Gasteiger partial charge in [-0.15, -0.1) is 0 Å². The molecule has 1 aromatic heterocycles. The first kappa shape index (κ1) is 19.9. The Balaban J connectivity index is 1.67. The first-order chi connectivity index (χ1) is 13.6. The Morgan fingerprint density at radius 2 is 2.00 bits per heavy atom. The van der Waals surface area contributed by atoms with Crippen molar-refractivity contribution in [2.24, 2.45) is 0 Å². The van der Waals surface area contributed by atoms with Gasteiger partial charge < -0.3 is 14.9 Å². The third kappa shape index (κ3) is 4.92. The maximum Gasteiger partial charge on any atom is 0.214 e. The minimum atomic E-state index is 0.500. The molecule has 3 rings (SSSR count). The van der Waals surface area contributed by atoms with E-state index in [4.69, 9.17) is 21.7 Å². The maximum atomic E-state index is 5.96. The third-order valence-electron chi connectivity index (χ3n) is 4.36. The molecule has 0 amide bonds. The molecule has 0 aliphatic heterocycles. The Labute approximate surface area is 170 Å².